The molecule has 2 N–H and O–H groups in total. The first-order chi connectivity index (χ1) is 19.7. The van der Waals surface area contributed by atoms with Crippen LogP contribution in [-0.2, 0) is 17.9 Å². The van der Waals surface area contributed by atoms with Gasteiger partial charge >= 0.3 is 0 Å². The van der Waals surface area contributed by atoms with Crippen LogP contribution in [0.15, 0.2) is 47.5 Å². The average molecular weight is 559 g/mol. The van der Waals surface area contributed by atoms with Gasteiger partial charge in [-0.05, 0) is 58.6 Å². The second kappa shape index (κ2) is 11.6. The van der Waals surface area contributed by atoms with Crippen LogP contribution in [0.1, 0.15) is 58.9 Å². The van der Waals surface area contributed by atoms with Crippen LogP contribution < -0.4 is 15.6 Å². The van der Waals surface area contributed by atoms with Gasteiger partial charge in [-0.1, -0.05) is 18.2 Å². The first kappa shape index (κ1) is 28.2. The predicted octanol–water partition coefficient (Wildman–Crippen LogP) is 3.89. The van der Waals surface area contributed by atoms with Gasteiger partial charge in [0.05, 0.1) is 24.8 Å². The van der Waals surface area contributed by atoms with E-state index in [4.69, 9.17) is 4.74 Å². The summed E-state index contributed by atoms with van der Waals surface area (Å²) in [7, 11) is 1.51. The number of likely N-dealkylation sites (tertiary alicyclic amines) is 1. The highest BCUT2D eigenvalue weighted by molar-refractivity contribution is 6.08. The zero-order valence-electron chi connectivity index (χ0n) is 24.4. The summed E-state index contributed by atoms with van der Waals surface area (Å²) >= 11 is 0. The van der Waals surface area contributed by atoms with Gasteiger partial charge < -0.3 is 29.1 Å². The van der Waals surface area contributed by atoms with Crippen LogP contribution in [0.25, 0.3) is 10.9 Å². The van der Waals surface area contributed by atoms with Crippen LogP contribution in [0.4, 0.5) is 0 Å². The molecule has 216 valence electrons. The van der Waals surface area contributed by atoms with E-state index in [9.17, 15) is 14.4 Å². The van der Waals surface area contributed by atoms with Crippen LogP contribution in [0.2, 0.25) is 0 Å². The van der Waals surface area contributed by atoms with Crippen molar-refractivity contribution in [3.8, 4) is 5.75 Å². The summed E-state index contributed by atoms with van der Waals surface area (Å²) in [6.07, 6.45) is 5.33. The molecule has 0 aliphatic carbocycles. The molecule has 10 heteroatoms. The van der Waals surface area contributed by atoms with E-state index in [-0.39, 0.29) is 30.0 Å². The number of pyridine rings is 1. The molecule has 1 saturated heterocycles. The number of aromatic amines is 1. The zero-order valence-corrected chi connectivity index (χ0v) is 24.4. The number of hydrogen-bond acceptors (Lipinski definition) is 5. The first-order valence-corrected chi connectivity index (χ1v) is 14.1. The number of imidazole rings is 1. The molecule has 10 nitrogen and oxygen atoms in total. The number of aromatic nitrogens is 4. The van der Waals surface area contributed by atoms with Crippen molar-refractivity contribution in [1.82, 2.24) is 29.3 Å². The number of para-hydroxylation sites is 1. The minimum absolute atomic E-state index is 0.0528. The summed E-state index contributed by atoms with van der Waals surface area (Å²) in [6, 6.07) is 9.83. The van der Waals surface area contributed by atoms with Gasteiger partial charge in [0.15, 0.2) is 0 Å². The molecular formula is C31H38N6O4. The van der Waals surface area contributed by atoms with Crippen LogP contribution >= 0.6 is 0 Å². The van der Waals surface area contributed by atoms with Gasteiger partial charge in [0.2, 0.25) is 5.91 Å². The number of carbonyl (C=O) groups excluding carboxylic acids is 2. The number of hydrogen-bond donors (Lipinski definition) is 2. The molecule has 0 radical (unpaired) electrons. The fourth-order valence-corrected chi connectivity index (χ4v) is 6.15. The van der Waals surface area contributed by atoms with Gasteiger partial charge in [-0.25, -0.2) is 4.98 Å². The number of piperidine rings is 1. The summed E-state index contributed by atoms with van der Waals surface area (Å²) in [5, 5.41) is 3.83. The molecule has 1 atom stereocenters. The minimum Gasteiger partial charge on any atom is -0.496 e. The molecule has 4 heterocycles. The summed E-state index contributed by atoms with van der Waals surface area (Å²) in [5.74, 6) is 1.52. The molecule has 3 aromatic heterocycles. The van der Waals surface area contributed by atoms with E-state index in [1.54, 1.807) is 19.2 Å². The molecule has 41 heavy (non-hydrogen) atoms. The van der Waals surface area contributed by atoms with E-state index in [0.29, 0.717) is 48.1 Å². The highest BCUT2D eigenvalue weighted by Gasteiger charge is 2.30. The standard InChI is InChI=1S/C31H38N6O4/c1-19-16-27(41-5)25(30(39)34-19)17-33-31(40)29-21(3)37(26-9-7-6-8-24(26)29)20(2)23-10-13-35(14-11-23)28(38)18-36-15-12-32-22(36)4/h6-9,12,15-16,20,23H,10-11,13-14,17-18H2,1-5H3,(H,33,40)(H,34,39). The van der Waals surface area contributed by atoms with Gasteiger partial charge in [0.25, 0.3) is 11.5 Å². The lowest BCUT2D eigenvalue weighted by atomic mass is 9.90. The number of rotatable bonds is 8. The molecular weight excluding hydrogens is 520 g/mol. The largest absolute Gasteiger partial charge is 0.496 e. The molecule has 4 aromatic rings. The maximum atomic E-state index is 13.6. The third kappa shape index (κ3) is 5.51. The second-order valence-electron chi connectivity index (χ2n) is 10.9. The van der Waals surface area contributed by atoms with Crippen LogP contribution in [0, 0.1) is 26.7 Å². The van der Waals surface area contributed by atoms with Crippen molar-refractivity contribution < 1.29 is 14.3 Å². The lowest BCUT2D eigenvalue weighted by Gasteiger charge is -2.36. The number of benzene rings is 1. The number of nitrogens with one attached hydrogen (secondary N) is 2. The Bertz CT molecular complexity index is 1640. The van der Waals surface area contributed by atoms with Gasteiger partial charge in [-0.15, -0.1) is 0 Å². The Morgan fingerprint density at radius 1 is 1.17 bits per heavy atom. The van der Waals surface area contributed by atoms with Crippen molar-refractivity contribution >= 4 is 22.7 Å². The van der Waals surface area contributed by atoms with Crippen molar-refractivity contribution in [1.29, 1.82) is 0 Å². The highest BCUT2D eigenvalue weighted by Crippen LogP contribution is 2.36. The predicted molar refractivity (Wildman–Crippen MR) is 157 cm³/mol. The maximum absolute atomic E-state index is 13.6. The van der Waals surface area contributed by atoms with Crippen molar-refractivity contribution in [2.75, 3.05) is 20.2 Å². The Labute approximate surface area is 239 Å². The van der Waals surface area contributed by atoms with Gasteiger partial charge in [0, 0.05) is 53.8 Å². The molecule has 1 unspecified atom stereocenters. The number of carbonyl (C=O) groups is 2. The summed E-state index contributed by atoms with van der Waals surface area (Å²) in [4.78, 5) is 48.0. The van der Waals surface area contributed by atoms with E-state index < -0.39 is 0 Å². The molecule has 0 spiro atoms. The molecule has 1 fully saturated rings. The molecule has 1 aliphatic rings. The summed E-state index contributed by atoms with van der Waals surface area (Å²) < 4.78 is 9.53. The Hall–Kier alpha value is -4.34. The SMILES string of the molecule is COc1cc(C)[nH]c(=O)c1CNC(=O)c1c(C)n(C(C)C2CCN(C(=O)Cn3ccnc3C)CC2)c2ccccc12. The fraction of sp³-hybridized carbons (Fsp3) is 0.419. The second-order valence-corrected chi connectivity index (χ2v) is 10.9. The lowest BCUT2D eigenvalue weighted by Crippen LogP contribution is -2.41. The van der Waals surface area contributed by atoms with E-state index in [1.165, 1.54) is 7.11 Å². The van der Waals surface area contributed by atoms with Gasteiger partial charge in [-0.2, -0.15) is 0 Å². The quantitative estimate of drug-likeness (QED) is 0.341. The van der Waals surface area contributed by atoms with E-state index in [1.807, 2.05) is 47.7 Å². The Morgan fingerprint density at radius 2 is 1.90 bits per heavy atom. The maximum Gasteiger partial charge on any atom is 0.256 e. The number of amides is 2. The minimum atomic E-state index is -0.278. The fourth-order valence-electron chi connectivity index (χ4n) is 6.15. The normalized spacial score (nSPS) is 14.8. The summed E-state index contributed by atoms with van der Waals surface area (Å²) in [6.45, 7) is 9.66. The Kier molecular flexibility index (Phi) is 8.01. The topological polar surface area (TPSA) is 114 Å². The van der Waals surface area contributed by atoms with Crippen molar-refractivity contribution in [2.45, 2.75) is 59.7 Å². The highest BCUT2D eigenvalue weighted by atomic mass is 16.5. The van der Waals surface area contributed by atoms with Crippen LogP contribution in [0.5, 0.6) is 5.75 Å². The Morgan fingerprint density at radius 3 is 2.59 bits per heavy atom. The van der Waals surface area contributed by atoms with E-state index in [0.717, 1.165) is 35.3 Å². The van der Waals surface area contributed by atoms with Gasteiger partial charge in [0.1, 0.15) is 18.1 Å². The third-order valence-corrected chi connectivity index (χ3v) is 8.47. The molecule has 1 aromatic carbocycles. The molecule has 5 rings (SSSR count). The number of aryl methyl sites for hydroxylation is 2. The third-order valence-electron chi connectivity index (χ3n) is 8.47. The molecule has 0 bridgehead atoms. The summed E-state index contributed by atoms with van der Waals surface area (Å²) in [5.41, 5.74) is 3.29. The van der Waals surface area contributed by atoms with E-state index >= 15 is 0 Å². The molecule has 2 amide bonds. The number of ether oxygens (including phenoxy) is 1. The van der Waals surface area contributed by atoms with Crippen molar-refractivity contribution in [3.05, 3.63) is 81.4 Å². The van der Waals surface area contributed by atoms with E-state index in [2.05, 4.69) is 32.8 Å². The van der Waals surface area contributed by atoms with Crippen LogP contribution in [0.3, 0.4) is 0 Å². The monoisotopic (exact) mass is 558 g/mol. The molecule has 0 saturated carbocycles. The molecule has 1 aliphatic heterocycles. The number of fused-ring (bicyclic) bond motifs is 1. The van der Waals surface area contributed by atoms with Crippen molar-refractivity contribution in [3.63, 3.8) is 0 Å². The van der Waals surface area contributed by atoms with Crippen molar-refractivity contribution in [2.24, 2.45) is 5.92 Å². The van der Waals surface area contributed by atoms with Crippen LogP contribution in [-0.4, -0.2) is 56.0 Å². The van der Waals surface area contributed by atoms with Gasteiger partial charge in [-0.3, -0.25) is 14.4 Å². The number of H-pyrrole nitrogens is 1. The zero-order chi connectivity index (χ0) is 29.3. The number of methoxy groups -OCH3 is 1. The number of nitrogens with zero attached hydrogens (tertiary/aromatic N) is 4. The smallest absolute Gasteiger partial charge is 0.256 e. The Balaban J connectivity index is 1.33. The average Bonchev–Trinajstić information content (AvgIpc) is 3.50. The lowest BCUT2D eigenvalue weighted by molar-refractivity contribution is -0.133. The first-order valence-electron chi connectivity index (χ1n) is 14.1.